The molecular formula is C35H36Cl2N10O9S3. The van der Waals surface area contributed by atoms with Gasteiger partial charge >= 0.3 is 0 Å². The summed E-state index contributed by atoms with van der Waals surface area (Å²) in [4.78, 5) is 13.0. The highest BCUT2D eigenvalue weighted by Gasteiger charge is 2.19. The fourth-order valence-corrected chi connectivity index (χ4v) is 7.57. The largest absolute Gasteiger partial charge is 0.338 e. The highest BCUT2D eigenvalue weighted by molar-refractivity contribution is 7.87. The highest BCUT2D eigenvalue weighted by atomic mass is 35.5. The number of benzene rings is 4. The SMILES string of the molecule is COS(=O)(=O)CNc1nc(Nc2cc(C)c(N=Nc3ccc(Cl)c(CS(=O)(=O)O)c3)cc2C)nc(Nc2cc(C)c(N=Nc3ccc(Cl)c(S(=O)(=O)OC)c3)cc2C)n1. The Morgan fingerprint density at radius 1 is 0.627 bits per heavy atom. The van der Waals surface area contributed by atoms with Crippen LogP contribution in [0.25, 0.3) is 0 Å². The molecule has 0 aliphatic heterocycles. The first-order valence-corrected chi connectivity index (χ1v) is 22.2. The minimum Gasteiger partial charge on any atom is -0.338 e. The predicted octanol–water partition coefficient (Wildman–Crippen LogP) is 8.80. The third-order valence-corrected chi connectivity index (χ3v) is 12.0. The number of hydrogen-bond donors (Lipinski definition) is 4. The molecule has 0 unspecified atom stereocenters. The lowest BCUT2D eigenvalue weighted by atomic mass is 10.1. The lowest BCUT2D eigenvalue weighted by Crippen LogP contribution is -2.18. The molecular weight excluding hydrogens is 872 g/mol. The van der Waals surface area contributed by atoms with Crippen LogP contribution in [0, 0.1) is 27.7 Å². The second-order valence-corrected chi connectivity index (χ2v) is 18.3. The zero-order valence-corrected chi connectivity index (χ0v) is 36.0. The third kappa shape index (κ3) is 12.2. The number of nitrogens with one attached hydrogen (secondary N) is 3. The van der Waals surface area contributed by atoms with Crippen molar-refractivity contribution in [3.63, 3.8) is 0 Å². The number of aromatic nitrogens is 3. The van der Waals surface area contributed by atoms with Crippen molar-refractivity contribution in [2.75, 3.05) is 36.0 Å². The average Bonchev–Trinajstić information content (AvgIpc) is 3.16. The van der Waals surface area contributed by atoms with Gasteiger partial charge in [-0.2, -0.15) is 60.7 Å². The molecule has 0 saturated carbocycles. The standard InChI is InChI=1S/C35H36Cl2N10O9S3/c1-19-13-30(46-44-24-7-9-26(36)23(15-24)17-57(48,49)50)21(3)11-28(19)39-34-41-33(38-18-58(51,52)55-5)42-35(43-34)40-29-12-22(4)31(14-20(29)2)47-45-25-8-10-27(37)32(16-25)59(53,54)56-6/h7-16H,17-18H2,1-6H3,(H,48,49,50)(H3,38,39,40,41,42,43). The number of azo groups is 2. The molecule has 4 aromatic carbocycles. The van der Waals surface area contributed by atoms with E-state index in [0.717, 1.165) is 14.2 Å². The van der Waals surface area contributed by atoms with Crippen LogP contribution >= 0.6 is 23.2 Å². The summed E-state index contributed by atoms with van der Waals surface area (Å²) in [7, 11) is -10.3. The minimum absolute atomic E-state index is 0.0276. The second kappa shape index (κ2) is 18.4. The predicted molar refractivity (Wildman–Crippen MR) is 223 cm³/mol. The Hall–Kier alpha value is -5.20. The van der Waals surface area contributed by atoms with Crippen LogP contribution in [-0.4, -0.2) is 64.9 Å². The Morgan fingerprint density at radius 3 is 1.61 bits per heavy atom. The number of nitrogens with zero attached hydrogens (tertiary/aromatic N) is 7. The van der Waals surface area contributed by atoms with Crippen molar-refractivity contribution in [2.45, 2.75) is 38.3 Å². The van der Waals surface area contributed by atoms with Gasteiger partial charge in [0.05, 0.1) is 42.0 Å². The molecule has 19 nitrogen and oxygen atoms in total. The Bertz CT molecular complexity index is 2830. The summed E-state index contributed by atoms with van der Waals surface area (Å²) < 4.78 is 89.9. The first-order valence-electron chi connectivity index (χ1n) is 16.9. The van der Waals surface area contributed by atoms with Crippen molar-refractivity contribution in [2.24, 2.45) is 20.5 Å². The van der Waals surface area contributed by atoms with E-state index in [2.05, 4.69) is 59.7 Å². The molecule has 5 aromatic rings. The van der Waals surface area contributed by atoms with Crippen LogP contribution in [0.5, 0.6) is 0 Å². The van der Waals surface area contributed by atoms with E-state index in [1.165, 1.54) is 30.3 Å². The molecule has 0 aliphatic carbocycles. The molecule has 0 atom stereocenters. The Morgan fingerprint density at radius 2 is 1.12 bits per heavy atom. The van der Waals surface area contributed by atoms with Gasteiger partial charge in [-0.1, -0.05) is 23.2 Å². The normalized spacial score (nSPS) is 12.4. The Kier molecular flexibility index (Phi) is 14.0. The van der Waals surface area contributed by atoms with Crippen LogP contribution in [0.1, 0.15) is 27.8 Å². The summed E-state index contributed by atoms with van der Waals surface area (Å²) in [5, 5.41) is 26.1. The topological polar surface area (TPSA) is 265 Å². The van der Waals surface area contributed by atoms with Gasteiger partial charge < -0.3 is 16.0 Å². The van der Waals surface area contributed by atoms with Gasteiger partial charge in [-0.25, -0.2) is 0 Å². The van der Waals surface area contributed by atoms with E-state index >= 15 is 0 Å². The van der Waals surface area contributed by atoms with Crippen LogP contribution in [0.4, 0.5) is 52.0 Å². The van der Waals surface area contributed by atoms with E-state index in [4.69, 9.17) is 23.2 Å². The van der Waals surface area contributed by atoms with Crippen LogP contribution in [0.2, 0.25) is 10.0 Å². The van der Waals surface area contributed by atoms with Crippen LogP contribution in [-0.2, 0) is 44.5 Å². The van der Waals surface area contributed by atoms with Gasteiger partial charge in [0.2, 0.25) is 17.8 Å². The number of aryl methyl sites for hydroxylation is 4. The highest BCUT2D eigenvalue weighted by Crippen LogP contribution is 2.34. The van der Waals surface area contributed by atoms with Gasteiger partial charge in [-0.3, -0.25) is 12.9 Å². The lowest BCUT2D eigenvalue weighted by molar-refractivity contribution is 0.397. The molecule has 0 bridgehead atoms. The van der Waals surface area contributed by atoms with Crippen molar-refractivity contribution >= 4 is 106 Å². The molecule has 1 aromatic heterocycles. The molecule has 4 N–H and O–H groups in total. The van der Waals surface area contributed by atoms with Gasteiger partial charge in [0.15, 0.2) is 0 Å². The molecule has 5 rings (SSSR count). The van der Waals surface area contributed by atoms with Gasteiger partial charge in [-0.15, -0.1) is 0 Å². The molecule has 1 heterocycles. The molecule has 0 amide bonds. The summed E-state index contributed by atoms with van der Waals surface area (Å²) in [5.41, 5.74) is 5.58. The van der Waals surface area contributed by atoms with Crippen molar-refractivity contribution in [3.05, 3.63) is 98.5 Å². The molecule has 0 radical (unpaired) electrons. The summed E-state index contributed by atoms with van der Waals surface area (Å²) in [6.07, 6.45) is 0. The molecule has 59 heavy (non-hydrogen) atoms. The summed E-state index contributed by atoms with van der Waals surface area (Å²) in [6.45, 7) is 7.18. The van der Waals surface area contributed by atoms with Gasteiger partial charge in [0.25, 0.3) is 30.4 Å². The maximum absolute atomic E-state index is 12.2. The smallest absolute Gasteiger partial charge is 0.298 e. The molecule has 312 valence electrons. The van der Waals surface area contributed by atoms with E-state index in [9.17, 15) is 29.8 Å². The monoisotopic (exact) mass is 906 g/mol. The van der Waals surface area contributed by atoms with Gasteiger partial charge in [0.1, 0.15) is 16.5 Å². The van der Waals surface area contributed by atoms with Gasteiger partial charge in [-0.05, 0) is 116 Å². The van der Waals surface area contributed by atoms with Crippen molar-refractivity contribution in [3.8, 4) is 0 Å². The third-order valence-electron chi connectivity index (χ3n) is 8.19. The van der Waals surface area contributed by atoms with Crippen LogP contribution in [0.3, 0.4) is 0 Å². The molecule has 0 aliphatic rings. The van der Waals surface area contributed by atoms with Gasteiger partial charge in [0, 0.05) is 16.4 Å². The summed E-state index contributed by atoms with van der Waals surface area (Å²) >= 11 is 12.1. The zero-order chi connectivity index (χ0) is 43.3. The van der Waals surface area contributed by atoms with E-state index < -0.39 is 42.0 Å². The maximum Gasteiger partial charge on any atom is 0.298 e. The lowest BCUT2D eigenvalue weighted by Gasteiger charge is -2.15. The molecule has 0 saturated heterocycles. The van der Waals surface area contributed by atoms with Crippen LogP contribution < -0.4 is 16.0 Å². The fourth-order valence-electron chi connectivity index (χ4n) is 5.10. The second-order valence-electron chi connectivity index (χ2n) is 12.6. The maximum atomic E-state index is 12.2. The Labute approximate surface area is 350 Å². The van der Waals surface area contributed by atoms with Crippen molar-refractivity contribution < 1.29 is 38.2 Å². The Balaban J connectivity index is 1.41. The number of rotatable bonds is 16. The number of anilines is 5. The van der Waals surface area contributed by atoms with E-state index in [1.807, 2.05) is 0 Å². The van der Waals surface area contributed by atoms with E-state index in [-0.39, 0.29) is 44.0 Å². The fraction of sp³-hybridized carbons (Fsp3) is 0.229. The van der Waals surface area contributed by atoms with Crippen LogP contribution in [0.15, 0.2) is 86.0 Å². The summed E-state index contributed by atoms with van der Waals surface area (Å²) in [6, 6.07) is 15.6. The number of hydrogen-bond acceptors (Lipinski definition) is 18. The average molecular weight is 908 g/mol. The van der Waals surface area contributed by atoms with Crippen molar-refractivity contribution in [1.29, 1.82) is 0 Å². The van der Waals surface area contributed by atoms with E-state index in [1.54, 1.807) is 58.0 Å². The molecule has 0 fully saturated rings. The first kappa shape index (κ1) is 44.9. The molecule has 24 heteroatoms. The van der Waals surface area contributed by atoms with E-state index in [0.29, 0.717) is 50.7 Å². The first-order chi connectivity index (χ1) is 27.6. The summed E-state index contributed by atoms with van der Waals surface area (Å²) in [5.74, 6) is -1.33. The van der Waals surface area contributed by atoms with Crippen molar-refractivity contribution in [1.82, 2.24) is 15.0 Å². The molecule has 0 spiro atoms. The quantitative estimate of drug-likeness (QED) is 0.0409. The zero-order valence-electron chi connectivity index (χ0n) is 32.0. The minimum atomic E-state index is -4.32. The number of halogens is 2.